The van der Waals surface area contributed by atoms with Gasteiger partial charge in [-0.25, -0.2) is 0 Å². The van der Waals surface area contributed by atoms with Crippen molar-refractivity contribution < 1.29 is 4.79 Å². The van der Waals surface area contributed by atoms with Gasteiger partial charge in [-0.2, -0.15) is 0 Å². The first kappa shape index (κ1) is 16.8. The molecule has 1 amide bonds. The van der Waals surface area contributed by atoms with Gasteiger partial charge in [-0.15, -0.1) is 12.4 Å². The molecular weight excluding hydrogens is 351 g/mol. The molecule has 0 radical (unpaired) electrons. The Morgan fingerprint density at radius 3 is 2.89 bits per heavy atom. The molecule has 1 heterocycles. The van der Waals surface area contributed by atoms with E-state index in [1.54, 1.807) is 12.1 Å². The Balaban J connectivity index is 0.00000180. The summed E-state index contributed by atoms with van der Waals surface area (Å²) >= 11 is 9.47. The molecule has 1 aromatic rings. The highest BCUT2D eigenvalue weighted by Gasteiger charge is 2.27. The number of amides is 1. The topological polar surface area (TPSA) is 46.3 Å². The number of hydrogen-bond donors (Lipinski definition) is 1. The minimum absolute atomic E-state index is 0. The van der Waals surface area contributed by atoms with Gasteiger partial charge in [-0.05, 0) is 37.5 Å². The quantitative estimate of drug-likeness (QED) is 0.869. The predicted molar refractivity (Wildman–Crippen MR) is 84.1 cm³/mol. The summed E-state index contributed by atoms with van der Waals surface area (Å²) in [5.41, 5.74) is 6.29. The van der Waals surface area contributed by atoms with E-state index in [1.807, 2.05) is 11.0 Å². The fraction of sp³-hybridized carbons (Fsp3) is 0.462. The van der Waals surface area contributed by atoms with Gasteiger partial charge in [0.15, 0.2) is 0 Å². The summed E-state index contributed by atoms with van der Waals surface area (Å²) < 4.78 is 0.858. The van der Waals surface area contributed by atoms with Crippen LogP contribution in [0.3, 0.4) is 0 Å². The van der Waals surface area contributed by atoms with Gasteiger partial charge in [0.2, 0.25) is 0 Å². The molecule has 0 aromatic heterocycles. The molecule has 0 aliphatic carbocycles. The molecule has 2 N–H and O–H groups in total. The monoisotopic (exact) mass is 366 g/mol. The number of carbonyl (C=O) groups is 1. The third-order valence-corrected chi connectivity index (χ3v) is 4.14. The Morgan fingerprint density at radius 2 is 2.21 bits per heavy atom. The lowest BCUT2D eigenvalue weighted by atomic mass is 10.0. The molecule has 1 saturated heterocycles. The lowest BCUT2D eigenvalue weighted by Gasteiger charge is -2.35. The molecule has 0 saturated carbocycles. The van der Waals surface area contributed by atoms with Crippen molar-refractivity contribution in [1.29, 1.82) is 0 Å². The zero-order valence-corrected chi connectivity index (χ0v) is 13.6. The normalized spacial score (nSPS) is 18.9. The largest absolute Gasteiger partial charge is 0.334 e. The third-order valence-electron chi connectivity index (χ3n) is 3.32. The molecule has 1 aliphatic rings. The standard InChI is InChI=1S/C13H16BrClN2O.ClH/c14-9-4-5-12(15)11(7-9)13(18)17-6-2-1-3-10(17)8-16;/h4-5,7,10H,1-3,6,8,16H2;1H. The van der Waals surface area contributed by atoms with E-state index in [0.717, 1.165) is 30.3 Å². The molecule has 3 nitrogen and oxygen atoms in total. The smallest absolute Gasteiger partial charge is 0.255 e. The number of piperidine rings is 1. The van der Waals surface area contributed by atoms with Gasteiger partial charge in [0.05, 0.1) is 10.6 Å². The van der Waals surface area contributed by atoms with Gasteiger partial charge in [0.1, 0.15) is 0 Å². The number of hydrogen-bond acceptors (Lipinski definition) is 2. The van der Waals surface area contributed by atoms with E-state index in [0.29, 0.717) is 17.1 Å². The number of carbonyl (C=O) groups excluding carboxylic acids is 1. The van der Waals surface area contributed by atoms with Gasteiger partial charge in [0.25, 0.3) is 5.91 Å². The first-order valence-electron chi connectivity index (χ1n) is 6.09. The Labute approximate surface area is 133 Å². The van der Waals surface area contributed by atoms with Gasteiger partial charge in [-0.3, -0.25) is 4.79 Å². The molecule has 0 spiro atoms. The summed E-state index contributed by atoms with van der Waals surface area (Å²) in [6.45, 7) is 1.28. The lowest BCUT2D eigenvalue weighted by molar-refractivity contribution is 0.0623. The Morgan fingerprint density at radius 1 is 1.47 bits per heavy atom. The second kappa shape index (κ2) is 7.48. The fourth-order valence-corrected chi connectivity index (χ4v) is 2.89. The molecule has 6 heteroatoms. The van der Waals surface area contributed by atoms with Crippen LogP contribution in [-0.4, -0.2) is 29.9 Å². The zero-order valence-electron chi connectivity index (χ0n) is 10.4. The van der Waals surface area contributed by atoms with E-state index in [-0.39, 0.29) is 24.4 Å². The molecular formula is C13H17BrCl2N2O. The van der Waals surface area contributed by atoms with Crippen LogP contribution in [0.15, 0.2) is 22.7 Å². The van der Waals surface area contributed by atoms with E-state index < -0.39 is 0 Å². The molecule has 1 atom stereocenters. The molecule has 0 bridgehead atoms. The molecule has 19 heavy (non-hydrogen) atoms. The van der Waals surface area contributed by atoms with Crippen molar-refractivity contribution in [2.75, 3.05) is 13.1 Å². The van der Waals surface area contributed by atoms with E-state index in [4.69, 9.17) is 17.3 Å². The van der Waals surface area contributed by atoms with E-state index in [9.17, 15) is 4.79 Å². The summed E-state index contributed by atoms with van der Waals surface area (Å²) in [7, 11) is 0. The first-order valence-corrected chi connectivity index (χ1v) is 7.26. The maximum atomic E-state index is 12.5. The van der Waals surface area contributed by atoms with E-state index >= 15 is 0 Å². The van der Waals surface area contributed by atoms with Crippen LogP contribution in [0, 0.1) is 0 Å². The summed E-state index contributed by atoms with van der Waals surface area (Å²) in [4.78, 5) is 14.4. The minimum atomic E-state index is -0.0172. The van der Waals surface area contributed by atoms with E-state index in [2.05, 4.69) is 15.9 Å². The summed E-state index contributed by atoms with van der Waals surface area (Å²) in [6.07, 6.45) is 3.15. The maximum Gasteiger partial charge on any atom is 0.255 e. The Bertz CT molecular complexity index is 456. The van der Waals surface area contributed by atoms with Crippen LogP contribution >= 0.6 is 39.9 Å². The van der Waals surface area contributed by atoms with E-state index in [1.165, 1.54) is 0 Å². The van der Waals surface area contributed by atoms with Crippen LogP contribution < -0.4 is 5.73 Å². The predicted octanol–water partition coefficient (Wildman–Crippen LogP) is 3.48. The number of nitrogens with zero attached hydrogens (tertiary/aromatic N) is 1. The average Bonchev–Trinajstić information content (AvgIpc) is 2.40. The van der Waals surface area contributed by atoms with Crippen molar-refractivity contribution in [2.45, 2.75) is 25.3 Å². The lowest BCUT2D eigenvalue weighted by Crippen LogP contribution is -2.47. The number of nitrogens with two attached hydrogens (primary N) is 1. The van der Waals surface area contributed by atoms with Crippen molar-refractivity contribution in [3.05, 3.63) is 33.3 Å². The number of halogens is 3. The second-order valence-corrected chi connectivity index (χ2v) is 5.83. The zero-order chi connectivity index (χ0) is 13.1. The first-order chi connectivity index (χ1) is 8.63. The van der Waals surface area contributed by atoms with Crippen molar-refractivity contribution in [2.24, 2.45) is 5.73 Å². The second-order valence-electron chi connectivity index (χ2n) is 4.51. The third kappa shape index (κ3) is 3.85. The maximum absolute atomic E-state index is 12.5. The van der Waals surface area contributed by atoms with Crippen LogP contribution in [0.1, 0.15) is 29.6 Å². The van der Waals surface area contributed by atoms with Crippen molar-refractivity contribution in [3.8, 4) is 0 Å². The van der Waals surface area contributed by atoms with Gasteiger partial charge < -0.3 is 10.6 Å². The van der Waals surface area contributed by atoms with Crippen LogP contribution in [0.4, 0.5) is 0 Å². The molecule has 1 aromatic carbocycles. The number of benzene rings is 1. The highest BCUT2D eigenvalue weighted by atomic mass is 79.9. The van der Waals surface area contributed by atoms with Crippen molar-refractivity contribution in [3.63, 3.8) is 0 Å². The summed E-state index contributed by atoms with van der Waals surface area (Å²) in [5, 5.41) is 0.490. The highest BCUT2D eigenvalue weighted by Crippen LogP contribution is 2.25. The average molecular weight is 368 g/mol. The van der Waals surface area contributed by atoms with Gasteiger partial charge >= 0.3 is 0 Å². The molecule has 1 fully saturated rings. The van der Waals surface area contributed by atoms with Crippen LogP contribution in [0.5, 0.6) is 0 Å². The van der Waals surface area contributed by atoms with Crippen molar-refractivity contribution >= 4 is 45.8 Å². The SMILES string of the molecule is Cl.NCC1CCCCN1C(=O)c1cc(Br)ccc1Cl. The number of rotatable bonds is 2. The van der Waals surface area contributed by atoms with Crippen LogP contribution in [0.25, 0.3) is 0 Å². The van der Waals surface area contributed by atoms with Gasteiger partial charge in [-0.1, -0.05) is 27.5 Å². The van der Waals surface area contributed by atoms with Gasteiger partial charge in [0, 0.05) is 23.6 Å². The van der Waals surface area contributed by atoms with Crippen molar-refractivity contribution in [1.82, 2.24) is 4.90 Å². The van der Waals surface area contributed by atoms with Crippen LogP contribution in [-0.2, 0) is 0 Å². The molecule has 1 unspecified atom stereocenters. The number of likely N-dealkylation sites (tertiary alicyclic amines) is 1. The molecule has 1 aliphatic heterocycles. The minimum Gasteiger partial charge on any atom is -0.334 e. The fourth-order valence-electron chi connectivity index (χ4n) is 2.33. The highest BCUT2D eigenvalue weighted by molar-refractivity contribution is 9.10. The molecule has 106 valence electrons. The summed E-state index contributed by atoms with van der Waals surface area (Å²) in [6, 6.07) is 5.48. The Kier molecular flexibility index (Phi) is 6.60. The molecule has 2 rings (SSSR count). The van der Waals surface area contributed by atoms with Crippen LogP contribution in [0.2, 0.25) is 5.02 Å². The Hall–Kier alpha value is -0.290. The summed E-state index contributed by atoms with van der Waals surface area (Å²) in [5.74, 6) is -0.0172.